The van der Waals surface area contributed by atoms with Crippen molar-refractivity contribution in [2.75, 3.05) is 0 Å². The van der Waals surface area contributed by atoms with Crippen molar-refractivity contribution in [3.63, 3.8) is 0 Å². The van der Waals surface area contributed by atoms with Gasteiger partial charge in [0.1, 0.15) is 11.5 Å². The van der Waals surface area contributed by atoms with E-state index in [0.717, 1.165) is 79.9 Å². The number of aromatic amines is 2. The van der Waals surface area contributed by atoms with Crippen LogP contribution in [-0.2, 0) is 0 Å². The Labute approximate surface area is 279 Å². The first-order valence-electron chi connectivity index (χ1n) is 16.2. The molecule has 8 bridgehead atoms. The number of H-pyrrole nitrogens is 2. The second kappa shape index (κ2) is 13.3. The van der Waals surface area contributed by atoms with E-state index in [4.69, 9.17) is 4.98 Å². The second-order valence-electron chi connectivity index (χ2n) is 11.8. The number of hydrogen-bond donors (Lipinski definition) is 4. The van der Waals surface area contributed by atoms with Crippen molar-refractivity contribution < 1.29 is 10.2 Å². The van der Waals surface area contributed by atoms with Crippen LogP contribution < -0.4 is 0 Å². The van der Waals surface area contributed by atoms with Crippen LogP contribution >= 0.6 is 0 Å². The fraction of sp³-hybridized carbons (Fsp3) is 0.0952. The summed E-state index contributed by atoms with van der Waals surface area (Å²) < 4.78 is 0. The number of aromatic nitrogens is 4. The minimum absolute atomic E-state index is 0.284. The maximum Gasteiger partial charge on any atom is 0.115 e. The first-order chi connectivity index (χ1) is 23.4. The van der Waals surface area contributed by atoms with E-state index in [0.29, 0.717) is 0 Å². The van der Waals surface area contributed by atoms with E-state index >= 15 is 0 Å². The van der Waals surface area contributed by atoms with Gasteiger partial charge in [-0.25, -0.2) is 9.97 Å². The van der Waals surface area contributed by atoms with Crippen molar-refractivity contribution in [3.8, 4) is 34.0 Å². The topological polar surface area (TPSA) is 97.8 Å². The zero-order valence-corrected chi connectivity index (χ0v) is 26.9. The molecule has 2 aliphatic heterocycles. The summed E-state index contributed by atoms with van der Waals surface area (Å²) in [5.41, 5.74) is 15.0. The first kappa shape index (κ1) is 30.5. The van der Waals surface area contributed by atoms with Gasteiger partial charge >= 0.3 is 0 Å². The van der Waals surface area contributed by atoms with Gasteiger partial charge in [0.25, 0.3) is 0 Å². The summed E-state index contributed by atoms with van der Waals surface area (Å²) in [6.07, 6.45) is 5.91. The van der Waals surface area contributed by atoms with Crippen molar-refractivity contribution in [1.29, 1.82) is 0 Å². The van der Waals surface area contributed by atoms with Crippen LogP contribution in [0.25, 0.3) is 67.9 Å². The molecule has 6 nitrogen and oxygen atoms in total. The number of benzene rings is 3. The Morgan fingerprint density at radius 2 is 0.896 bits per heavy atom. The van der Waals surface area contributed by atoms with Crippen LogP contribution in [0.4, 0.5) is 0 Å². The van der Waals surface area contributed by atoms with E-state index < -0.39 is 0 Å². The molecule has 0 amide bonds. The number of nitrogens with zero attached hydrogens (tertiary/aromatic N) is 2. The minimum Gasteiger partial charge on any atom is -0.508 e. The van der Waals surface area contributed by atoms with Crippen LogP contribution in [0.15, 0.2) is 121 Å². The van der Waals surface area contributed by atoms with Crippen molar-refractivity contribution in [2.45, 2.75) is 26.7 Å². The Bertz CT molecular complexity index is 2170. The van der Waals surface area contributed by atoms with Gasteiger partial charge in [0.05, 0.1) is 22.8 Å². The van der Waals surface area contributed by atoms with Gasteiger partial charge in [0.2, 0.25) is 0 Å². The molecular weight excluding hydrogens is 592 g/mol. The van der Waals surface area contributed by atoms with Gasteiger partial charge in [0, 0.05) is 33.2 Å². The average molecular weight is 629 g/mol. The van der Waals surface area contributed by atoms with Crippen LogP contribution in [-0.4, -0.2) is 30.1 Å². The van der Waals surface area contributed by atoms with Gasteiger partial charge in [-0.15, -0.1) is 0 Å². The highest BCUT2D eigenvalue weighted by atomic mass is 16.3. The lowest BCUT2D eigenvalue weighted by atomic mass is 9.91. The lowest BCUT2D eigenvalue weighted by Crippen LogP contribution is -1.91. The summed E-state index contributed by atoms with van der Waals surface area (Å²) in [4.78, 5) is 16.5. The number of allylic oxidation sites excluding steroid dienone is 2. The molecule has 0 aliphatic carbocycles. The molecule has 0 unspecified atom stereocenters. The monoisotopic (exact) mass is 628 g/mol. The van der Waals surface area contributed by atoms with E-state index in [1.54, 1.807) is 24.3 Å². The fourth-order valence-corrected chi connectivity index (χ4v) is 6.27. The number of rotatable bonds is 4. The number of phenolic OH excluding ortho intramolecular Hbond substituents is 2. The smallest absolute Gasteiger partial charge is 0.115 e. The van der Waals surface area contributed by atoms with Crippen LogP contribution in [0, 0.1) is 0 Å². The predicted octanol–water partition coefficient (Wildman–Crippen LogP) is 10.6. The van der Waals surface area contributed by atoms with Gasteiger partial charge in [-0.2, -0.15) is 0 Å². The summed E-state index contributed by atoms with van der Waals surface area (Å²) in [5.74, 6) is 0.568. The molecule has 48 heavy (non-hydrogen) atoms. The zero-order valence-electron chi connectivity index (χ0n) is 26.9. The molecule has 0 saturated heterocycles. The highest BCUT2D eigenvalue weighted by molar-refractivity contribution is 5.91. The molecule has 0 spiro atoms. The minimum atomic E-state index is 0.284. The third-order valence-electron chi connectivity index (χ3n) is 8.56. The summed E-state index contributed by atoms with van der Waals surface area (Å²) in [6, 6.07) is 39.6. The molecule has 6 heteroatoms. The molecule has 3 aromatic carbocycles. The largest absolute Gasteiger partial charge is 0.508 e. The van der Waals surface area contributed by atoms with Gasteiger partial charge < -0.3 is 20.2 Å². The molecule has 236 valence electrons. The molecule has 2 aliphatic rings. The van der Waals surface area contributed by atoms with Crippen LogP contribution in [0.3, 0.4) is 0 Å². The third-order valence-corrected chi connectivity index (χ3v) is 8.56. The third kappa shape index (κ3) is 6.55. The zero-order chi connectivity index (χ0) is 33.0. The Morgan fingerprint density at radius 1 is 0.500 bits per heavy atom. The number of fused-ring (bicyclic) bond motifs is 11. The molecule has 3 aromatic heterocycles. The van der Waals surface area contributed by atoms with Gasteiger partial charge in [-0.3, -0.25) is 0 Å². The quantitative estimate of drug-likeness (QED) is 0.146. The second-order valence-corrected chi connectivity index (χ2v) is 11.8. The van der Waals surface area contributed by atoms with Gasteiger partial charge in [-0.1, -0.05) is 62.4 Å². The summed E-state index contributed by atoms with van der Waals surface area (Å²) >= 11 is 0. The number of aromatic hydroxyl groups is 2. The predicted molar refractivity (Wildman–Crippen MR) is 198 cm³/mol. The fourth-order valence-electron chi connectivity index (χ4n) is 6.27. The number of phenols is 2. The summed E-state index contributed by atoms with van der Waals surface area (Å²) in [6.45, 7) is 4.27. The Morgan fingerprint density at radius 3 is 1.29 bits per heavy atom. The average Bonchev–Trinajstić information content (AvgIpc) is 3.91. The molecule has 0 radical (unpaired) electrons. The molecule has 0 fully saturated rings. The van der Waals surface area contributed by atoms with E-state index in [1.165, 1.54) is 11.1 Å². The standard InChI is InChI=1S/C24H16N4.C18H20O2/c1-2-4-22-21(3-1)23-13-19-9-7-17(26-19)11-15-5-6-16(25-15)12-18-8-10-20(27-18)14-24(22)28-23;1-3-17(13-5-9-15(19)10-6-13)18(4-2)14-7-11-16(20)12-8-14/h1-14,26-27H;5-12,19-20H,3-4H2,1-2H3/b;18-17+. The Balaban J connectivity index is 0.000000162. The molecule has 6 aromatic rings. The maximum absolute atomic E-state index is 9.41. The van der Waals surface area contributed by atoms with Crippen LogP contribution in [0.1, 0.15) is 49.2 Å². The molecule has 0 saturated carbocycles. The van der Waals surface area contributed by atoms with Gasteiger partial charge in [0.15, 0.2) is 0 Å². The highest BCUT2D eigenvalue weighted by Gasteiger charge is 2.15. The van der Waals surface area contributed by atoms with Crippen molar-refractivity contribution >= 4 is 45.4 Å². The van der Waals surface area contributed by atoms with Crippen LogP contribution in [0.5, 0.6) is 11.5 Å². The normalized spacial score (nSPS) is 12.1. The molecule has 5 heterocycles. The molecule has 4 N–H and O–H groups in total. The highest BCUT2D eigenvalue weighted by Crippen LogP contribution is 2.36. The first-order valence-corrected chi connectivity index (χ1v) is 16.2. The van der Waals surface area contributed by atoms with Crippen molar-refractivity contribution in [1.82, 2.24) is 19.9 Å². The van der Waals surface area contributed by atoms with Crippen molar-refractivity contribution in [3.05, 3.63) is 144 Å². The number of hydrogen-bond acceptors (Lipinski definition) is 4. The lowest BCUT2D eigenvalue weighted by Gasteiger charge is -2.14. The Kier molecular flexibility index (Phi) is 8.46. The molecular formula is C42H36N4O2. The van der Waals surface area contributed by atoms with E-state index in [1.807, 2.05) is 36.4 Å². The van der Waals surface area contributed by atoms with E-state index in [2.05, 4.69) is 102 Å². The SMILES string of the molecule is C1=Cc2cc3ccc(cc4nc(cc5ccc(cc1n2)[nH]5)-c1ccccc1-4)[nH]3.CC/C(=C(/CC)c1ccc(O)cc1)c1ccc(O)cc1. The summed E-state index contributed by atoms with van der Waals surface area (Å²) in [7, 11) is 0. The van der Waals surface area contributed by atoms with Gasteiger partial charge in [-0.05, 0) is 120 Å². The van der Waals surface area contributed by atoms with E-state index in [-0.39, 0.29) is 11.5 Å². The maximum atomic E-state index is 9.41. The summed E-state index contributed by atoms with van der Waals surface area (Å²) in [5, 5.41) is 18.8. The van der Waals surface area contributed by atoms with Crippen molar-refractivity contribution in [2.24, 2.45) is 0 Å². The lowest BCUT2D eigenvalue weighted by molar-refractivity contribution is 0.474. The number of nitrogens with one attached hydrogen (secondary N) is 2. The molecule has 8 rings (SSSR count). The molecule has 0 atom stereocenters. The van der Waals surface area contributed by atoms with Crippen LogP contribution in [0.2, 0.25) is 0 Å². The van der Waals surface area contributed by atoms with E-state index in [9.17, 15) is 10.2 Å². The Hall–Kier alpha value is -6.14.